The van der Waals surface area contributed by atoms with Crippen molar-refractivity contribution in [2.75, 3.05) is 33.9 Å². The van der Waals surface area contributed by atoms with Gasteiger partial charge in [0, 0.05) is 30.4 Å². The topological polar surface area (TPSA) is 152 Å². The van der Waals surface area contributed by atoms with Gasteiger partial charge in [0.15, 0.2) is 0 Å². The molecule has 11 nitrogen and oxygen atoms in total. The van der Waals surface area contributed by atoms with E-state index in [0.717, 1.165) is 49.0 Å². The van der Waals surface area contributed by atoms with Crippen molar-refractivity contribution < 1.29 is 43.4 Å². The Morgan fingerprint density at radius 3 is 2.36 bits per heavy atom. The Balaban J connectivity index is 0.000000555. The van der Waals surface area contributed by atoms with Crippen molar-refractivity contribution >= 4 is 28.5 Å². The number of fused-ring (bicyclic) bond motifs is 1. The maximum absolute atomic E-state index is 13.5. The molecule has 0 amide bonds. The molecular weight excluding hydrogens is 609 g/mol. The molecule has 1 saturated heterocycles. The van der Waals surface area contributed by atoms with Crippen LogP contribution in [-0.4, -0.2) is 66.5 Å². The van der Waals surface area contributed by atoms with Crippen LogP contribution in [0.1, 0.15) is 46.9 Å². The Morgan fingerprint density at radius 2 is 1.72 bits per heavy atom. The number of carbonyl (C=O) groups is 3. The first-order chi connectivity index (χ1) is 22.6. The molecule has 0 radical (unpaired) electrons. The first-order valence-electron chi connectivity index (χ1n) is 15.0. The lowest BCUT2D eigenvalue weighted by molar-refractivity contribution is -0.890. The summed E-state index contributed by atoms with van der Waals surface area (Å²) in [6, 6.07) is 19.1. The number of ether oxygens (including phenoxy) is 2. The number of aliphatic carboxylic acids is 2. The number of carbonyl (C=O) groups excluding carboxylic acids is 2. The molecule has 2 unspecified atom stereocenters. The summed E-state index contributed by atoms with van der Waals surface area (Å²) in [5.74, 6) is -1.92. The molecule has 1 fully saturated rings. The van der Waals surface area contributed by atoms with E-state index >= 15 is 0 Å². The van der Waals surface area contributed by atoms with Crippen LogP contribution in [0.2, 0.25) is 0 Å². The molecule has 0 spiro atoms. The number of carboxylic acids is 2. The molecule has 246 valence electrons. The van der Waals surface area contributed by atoms with Gasteiger partial charge >= 0.3 is 5.97 Å². The standard InChI is InChI=1S/C31H32FN3O4.C4H4O4/c1-38-24-13-14-27(30(19-24)39-2)29(36)20-34-16-5-6-23(15-17-34)35-31(37)26-8-4-3-7-25(26)28(33-35)18-21-9-11-22(32)12-10-21;5-3(6)1-2-4(7)8/h3-4,7-14,19,23H,5-6,15-18,20H2,1-2H3;1-2H,(H,5,6)(H,7,8)/b;2-1+. The minimum absolute atomic E-state index is 0.0190. The van der Waals surface area contributed by atoms with E-state index in [1.165, 1.54) is 17.0 Å². The normalized spacial score (nSPS) is 16.1. The van der Waals surface area contributed by atoms with E-state index in [4.69, 9.17) is 19.7 Å². The van der Waals surface area contributed by atoms with Crippen LogP contribution in [0.4, 0.5) is 4.39 Å². The average Bonchev–Trinajstić information content (AvgIpc) is 3.31. The third kappa shape index (κ3) is 9.33. The zero-order valence-electron chi connectivity index (χ0n) is 26.1. The van der Waals surface area contributed by atoms with Crippen LogP contribution >= 0.6 is 0 Å². The quantitative estimate of drug-likeness (QED) is 0.195. The van der Waals surface area contributed by atoms with E-state index in [-0.39, 0.29) is 23.2 Å². The summed E-state index contributed by atoms with van der Waals surface area (Å²) in [5.41, 5.74) is 2.18. The van der Waals surface area contributed by atoms with Crippen molar-refractivity contribution in [2.45, 2.75) is 31.7 Å². The Labute approximate surface area is 270 Å². The van der Waals surface area contributed by atoms with E-state index in [1.807, 2.05) is 24.3 Å². The molecule has 3 aromatic carbocycles. The van der Waals surface area contributed by atoms with Gasteiger partial charge in [-0.15, -0.1) is 0 Å². The third-order valence-corrected chi connectivity index (χ3v) is 7.92. The second kappa shape index (κ2) is 16.3. The number of nitrogens with one attached hydrogen (secondary N) is 1. The number of rotatable bonds is 10. The summed E-state index contributed by atoms with van der Waals surface area (Å²) in [4.78, 5) is 46.8. The third-order valence-electron chi connectivity index (χ3n) is 7.92. The molecule has 12 heteroatoms. The minimum atomic E-state index is -1.51. The van der Waals surface area contributed by atoms with Gasteiger partial charge in [-0.05, 0) is 54.8 Å². The zero-order valence-corrected chi connectivity index (χ0v) is 26.1. The first kappa shape index (κ1) is 34.5. The van der Waals surface area contributed by atoms with Gasteiger partial charge < -0.3 is 29.4 Å². The lowest BCUT2D eigenvalue weighted by Crippen LogP contribution is -3.12. The van der Waals surface area contributed by atoms with E-state index in [9.17, 15) is 28.7 Å². The number of halogens is 1. The van der Waals surface area contributed by atoms with Crippen LogP contribution < -0.4 is 25.0 Å². The van der Waals surface area contributed by atoms with E-state index < -0.39 is 11.9 Å². The van der Waals surface area contributed by atoms with Crippen molar-refractivity contribution in [2.24, 2.45) is 0 Å². The van der Waals surface area contributed by atoms with Gasteiger partial charge in [0.2, 0.25) is 5.78 Å². The predicted octanol–water partition coefficient (Wildman–Crippen LogP) is 2.01. The van der Waals surface area contributed by atoms with Crippen molar-refractivity contribution in [1.29, 1.82) is 0 Å². The number of aromatic nitrogens is 2. The zero-order chi connectivity index (χ0) is 33.9. The molecular formula is C35H36FN3O8. The van der Waals surface area contributed by atoms with Crippen LogP contribution in [0, 0.1) is 5.82 Å². The van der Waals surface area contributed by atoms with Gasteiger partial charge in [0.1, 0.15) is 23.9 Å². The molecule has 0 bridgehead atoms. The van der Waals surface area contributed by atoms with Crippen LogP contribution in [0.25, 0.3) is 10.8 Å². The molecule has 0 saturated carbocycles. The van der Waals surface area contributed by atoms with Gasteiger partial charge in [-0.3, -0.25) is 9.59 Å². The second-order valence-electron chi connectivity index (χ2n) is 11.0. The SMILES string of the molecule is COc1ccc(C(=O)C[NH+]2CCCC(n3nc(Cc4ccc(F)cc4)c4ccccc4c3=O)CC2)c(OC)c1.O=C([O-])/C=C/C(=O)O. The number of methoxy groups -OCH3 is 2. The average molecular weight is 646 g/mol. The van der Waals surface area contributed by atoms with E-state index in [0.29, 0.717) is 47.6 Å². The molecule has 5 rings (SSSR count). The fourth-order valence-corrected chi connectivity index (χ4v) is 5.59. The number of hydrogen-bond donors (Lipinski definition) is 2. The van der Waals surface area contributed by atoms with E-state index in [1.54, 1.807) is 49.2 Å². The summed E-state index contributed by atoms with van der Waals surface area (Å²) >= 11 is 0. The Kier molecular flexibility index (Phi) is 12.0. The van der Waals surface area contributed by atoms with Crippen molar-refractivity contribution in [1.82, 2.24) is 9.78 Å². The molecule has 47 heavy (non-hydrogen) atoms. The number of nitrogens with zero attached hydrogens (tertiary/aromatic N) is 2. The Bertz CT molecular complexity index is 1800. The number of ketones is 1. The fourth-order valence-electron chi connectivity index (χ4n) is 5.59. The molecule has 0 aliphatic carbocycles. The highest BCUT2D eigenvalue weighted by atomic mass is 19.1. The van der Waals surface area contributed by atoms with Gasteiger partial charge in [-0.2, -0.15) is 5.10 Å². The van der Waals surface area contributed by atoms with Crippen LogP contribution in [0.15, 0.2) is 83.7 Å². The number of likely N-dealkylation sites (tertiary alicyclic amines) is 1. The van der Waals surface area contributed by atoms with Crippen LogP contribution in [-0.2, 0) is 16.0 Å². The number of benzene rings is 3. The van der Waals surface area contributed by atoms with Crippen molar-refractivity contribution in [3.8, 4) is 11.5 Å². The highest BCUT2D eigenvalue weighted by Gasteiger charge is 2.26. The number of hydrogen-bond acceptors (Lipinski definition) is 8. The summed E-state index contributed by atoms with van der Waals surface area (Å²) in [5, 5.41) is 23.5. The van der Waals surface area contributed by atoms with Crippen LogP contribution in [0.5, 0.6) is 11.5 Å². The molecule has 1 aliphatic heterocycles. The predicted molar refractivity (Wildman–Crippen MR) is 169 cm³/mol. The molecule has 2 atom stereocenters. The summed E-state index contributed by atoms with van der Waals surface area (Å²) in [6.45, 7) is 1.94. The van der Waals surface area contributed by atoms with E-state index in [2.05, 4.69) is 0 Å². The monoisotopic (exact) mass is 645 g/mol. The molecule has 4 aromatic rings. The van der Waals surface area contributed by atoms with Gasteiger partial charge in [-0.25, -0.2) is 13.9 Å². The smallest absolute Gasteiger partial charge is 0.328 e. The molecule has 2 N–H and O–H groups in total. The maximum atomic E-state index is 13.5. The van der Waals surface area contributed by atoms with Crippen molar-refractivity contribution in [3.63, 3.8) is 0 Å². The van der Waals surface area contributed by atoms with Gasteiger partial charge in [0.25, 0.3) is 5.56 Å². The number of quaternary nitrogens is 1. The number of Topliss-reactive ketones (excluding diaryl/α,β-unsaturated/α-hetero) is 1. The summed E-state index contributed by atoms with van der Waals surface area (Å²) in [6.07, 6.45) is 3.87. The second-order valence-corrected chi connectivity index (χ2v) is 11.0. The Morgan fingerprint density at radius 1 is 1.00 bits per heavy atom. The lowest BCUT2D eigenvalue weighted by Gasteiger charge is -2.19. The molecule has 1 aliphatic rings. The highest BCUT2D eigenvalue weighted by Crippen LogP contribution is 2.25. The maximum Gasteiger partial charge on any atom is 0.328 e. The summed E-state index contributed by atoms with van der Waals surface area (Å²) in [7, 11) is 3.13. The molecule has 1 aromatic heterocycles. The van der Waals surface area contributed by atoms with Gasteiger partial charge in [0.05, 0.1) is 56.0 Å². The fraction of sp³-hybridized carbons (Fsp3) is 0.286. The highest BCUT2D eigenvalue weighted by molar-refractivity contribution is 5.99. The van der Waals surface area contributed by atoms with Gasteiger partial charge in [-0.1, -0.05) is 30.3 Å². The van der Waals surface area contributed by atoms with Crippen molar-refractivity contribution in [3.05, 3.63) is 112 Å². The largest absolute Gasteiger partial charge is 0.545 e. The molecule has 2 heterocycles. The first-order valence-corrected chi connectivity index (χ1v) is 15.0. The summed E-state index contributed by atoms with van der Waals surface area (Å²) < 4.78 is 25.8. The Hall–Kier alpha value is -5.36. The lowest BCUT2D eigenvalue weighted by atomic mass is 10.0. The number of carboxylic acid groups (broad SMARTS) is 2. The van der Waals surface area contributed by atoms with Crippen LogP contribution in [0.3, 0.4) is 0 Å². The minimum Gasteiger partial charge on any atom is -0.545 e.